The molecule has 0 aliphatic carbocycles. The molecule has 9 heteroatoms. The molecule has 146 valence electrons. The molecule has 3 aromatic rings. The van der Waals surface area contributed by atoms with Crippen molar-refractivity contribution in [2.24, 2.45) is 0 Å². The molecular formula is C19H21N5O3S. The summed E-state index contributed by atoms with van der Waals surface area (Å²) in [5, 5.41) is 4.33. The minimum Gasteiger partial charge on any atom is -0.328 e. The topological polar surface area (TPSA) is 97.5 Å². The number of aryl methyl sites for hydroxylation is 2. The molecule has 0 saturated carbocycles. The molecule has 4 rings (SSSR count). The first-order chi connectivity index (χ1) is 13.3. The zero-order valence-corrected chi connectivity index (χ0v) is 16.6. The van der Waals surface area contributed by atoms with E-state index in [0.717, 1.165) is 17.0 Å². The fraction of sp³-hybridized carbons (Fsp3) is 0.368. The lowest BCUT2D eigenvalue weighted by atomic mass is 10.1. The summed E-state index contributed by atoms with van der Waals surface area (Å²) in [6, 6.07) is 11.0. The zero-order valence-electron chi connectivity index (χ0n) is 15.7. The van der Waals surface area contributed by atoms with Gasteiger partial charge in [0.2, 0.25) is 5.82 Å². The molecular weight excluding hydrogens is 378 g/mol. The van der Waals surface area contributed by atoms with Crippen LogP contribution in [0.25, 0.3) is 5.78 Å². The number of fused-ring (bicyclic) bond motifs is 1. The van der Waals surface area contributed by atoms with Crippen molar-refractivity contribution in [1.29, 1.82) is 0 Å². The maximum Gasteiger partial charge on any atom is 0.294 e. The second-order valence-electron chi connectivity index (χ2n) is 7.16. The van der Waals surface area contributed by atoms with Crippen LogP contribution in [0.1, 0.15) is 34.0 Å². The van der Waals surface area contributed by atoms with Gasteiger partial charge in [0.15, 0.2) is 9.84 Å². The first-order valence-corrected chi connectivity index (χ1v) is 10.9. The van der Waals surface area contributed by atoms with Gasteiger partial charge < -0.3 is 4.90 Å². The lowest BCUT2D eigenvalue weighted by Crippen LogP contribution is -2.41. The molecule has 1 saturated heterocycles. The SMILES string of the molecule is Cc1cc(C)n2nc(C(=O)N(Cc3ccccc3)[C@H]3CCS(=O)(=O)C3)nc2n1. The van der Waals surface area contributed by atoms with Crippen LogP contribution < -0.4 is 0 Å². The fourth-order valence-corrected chi connectivity index (χ4v) is 5.28. The van der Waals surface area contributed by atoms with Gasteiger partial charge in [-0.05, 0) is 31.9 Å². The van der Waals surface area contributed by atoms with Gasteiger partial charge in [-0.3, -0.25) is 4.79 Å². The summed E-state index contributed by atoms with van der Waals surface area (Å²) in [5.41, 5.74) is 2.54. The molecule has 1 aliphatic heterocycles. The highest BCUT2D eigenvalue weighted by Gasteiger charge is 2.36. The Bertz CT molecular complexity index is 1140. The normalized spacial score (nSPS) is 18.4. The first kappa shape index (κ1) is 18.5. The monoisotopic (exact) mass is 399 g/mol. The number of benzene rings is 1. The number of carbonyl (C=O) groups excluding carboxylic acids is 1. The van der Waals surface area contributed by atoms with Crippen LogP contribution in [0, 0.1) is 13.8 Å². The highest BCUT2D eigenvalue weighted by Crippen LogP contribution is 2.22. The van der Waals surface area contributed by atoms with Crippen LogP contribution in [0.15, 0.2) is 36.4 Å². The van der Waals surface area contributed by atoms with Crippen LogP contribution in [0.3, 0.4) is 0 Å². The molecule has 0 spiro atoms. The van der Waals surface area contributed by atoms with E-state index >= 15 is 0 Å². The minimum absolute atomic E-state index is 0.0291. The summed E-state index contributed by atoms with van der Waals surface area (Å²) in [6.45, 7) is 4.03. The molecule has 2 aromatic heterocycles. The molecule has 28 heavy (non-hydrogen) atoms. The smallest absolute Gasteiger partial charge is 0.294 e. The van der Waals surface area contributed by atoms with Crippen molar-refractivity contribution in [1.82, 2.24) is 24.5 Å². The second-order valence-corrected chi connectivity index (χ2v) is 9.39. The molecule has 0 bridgehead atoms. The van der Waals surface area contributed by atoms with Gasteiger partial charge in [-0.15, -0.1) is 5.10 Å². The van der Waals surface area contributed by atoms with Crippen molar-refractivity contribution in [3.8, 4) is 0 Å². The Labute approximate surface area is 163 Å². The number of amides is 1. The maximum atomic E-state index is 13.3. The largest absolute Gasteiger partial charge is 0.328 e. The average Bonchev–Trinajstić information content (AvgIpc) is 3.23. The number of hydrogen-bond donors (Lipinski definition) is 0. The van der Waals surface area contributed by atoms with Gasteiger partial charge in [-0.1, -0.05) is 30.3 Å². The summed E-state index contributed by atoms with van der Waals surface area (Å²) >= 11 is 0. The quantitative estimate of drug-likeness (QED) is 0.661. The van der Waals surface area contributed by atoms with E-state index in [1.165, 1.54) is 4.52 Å². The summed E-state index contributed by atoms with van der Waals surface area (Å²) in [6.07, 6.45) is 0.421. The fourth-order valence-electron chi connectivity index (χ4n) is 3.55. The predicted octanol–water partition coefficient (Wildman–Crippen LogP) is 1.57. The van der Waals surface area contributed by atoms with Gasteiger partial charge >= 0.3 is 0 Å². The van der Waals surface area contributed by atoms with Crippen molar-refractivity contribution in [2.45, 2.75) is 32.9 Å². The molecule has 1 aromatic carbocycles. The summed E-state index contributed by atoms with van der Waals surface area (Å²) < 4.78 is 25.5. The molecule has 1 amide bonds. The predicted molar refractivity (Wildman–Crippen MR) is 104 cm³/mol. The second kappa shape index (κ2) is 6.97. The third-order valence-corrected chi connectivity index (χ3v) is 6.67. The lowest BCUT2D eigenvalue weighted by molar-refractivity contribution is 0.0668. The van der Waals surface area contributed by atoms with E-state index in [0.29, 0.717) is 18.7 Å². The number of nitrogens with zero attached hydrogens (tertiary/aromatic N) is 5. The highest BCUT2D eigenvalue weighted by atomic mass is 32.2. The Kier molecular flexibility index (Phi) is 4.62. The van der Waals surface area contributed by atoms with Gasteiger partial charge in [0.05, 0.1) is 11.5 Å². The van der Waals surface area contributed by atoms with Crippen molar-refractivity contribution >= 4 is 21.5 Å². The molecule has 1 aliphatic rings. The zero-order chi connectivity index (χ0) is 19.9. The van der Waals surface area contributed by atoms with Crippen molar-refractivity contribution in [2.75, 3.05) is 11.5 Å². The van der Waals surface area contributed by atoms with Gasteiger partial charge in [-0.2, -0.15) is 4.98 Å². The summed E-state index contributed by atoms with van der Waals surface area (Å²) in [7, 11) is -3.14. The molecule has 8 nitrogen and oxygen atoms in total. The first-order valence-electron chi connectivity index (χ1n) is 9.09. The van der Waals surface area contributed by atoms with Crippen LogP contribution in [0.2, 0.25) is 0 Å². The number of rotatable bonds is 4. The Morgan fingerprint density at radius 3 is 2.64 bits per heavy atom. The molecule has 0 unspecified atom stereocenters. The van der Waals surface area contributed by atoms with Gasteiger partial charge in [0.25, 0.3) is 11.7 Å². The number of sulfone groups is 1. The molecule has 1 fully saturated rings. The van der Waals surface area contributed by atoms with E-state index in [9.17, 15) is 13.2 Å². The van der Waals surface area contributed by atoms with E-state index in [-0.39, 0.29) is 29.3 Å². The van der Waals surface area contributed by atoms with Crippen LogP contribution >= 0.6 is 0 Å². The van der Waals surface area contributed by atoms with Gasteiger partial charge in [-0.25, -0.2) is 17.9 Å². The number of aromatic nitrogens is 4. The van der Waals surface area contributed by atoms with Gasteiger partial charge in [0.1, 0.15) is 0 Å². The van der Waals surface area contributed by atoms with Crippen molar-refractivity contribution in [3.05, 3.63) is 59.2 Å². The van der Waals surface area contributed by atoms with E-state index in [2.05, 4.69) is 15.1 Å². The maximum absolute atomic E-state index is 13.3. The van der Waals surface area contributed by atoms with Crippen LogP contribution in [-0.4, -0.2) is 56.4 Å². The third kappa shape index (κ3) is 3.62. The molecule has 3 heterocycles. The Morgan fingerprint density at radius 2 is 1.96 bits per heavy atom. The van der Waals surface area contributed by atoms with Crippen molar-refractivity contribution in [3.63, 3.8) is 0 Å². The molecule has 0 radical (unpaired) electrons. The van der Waals surface area contributed by atoms with Crippen LogP contribution in [-0.2, 0) is 16.4 Å². The lowest BCUT2D eigenvalue weighted by Gasteiger charge is -2.27. The Hall–Kier alpha value is -2.81. The molecule has 0 N–H and O–H groups in total. The highest BCUT2D eigenvalue weighted by molar-refractivity contribution is 7.91. The van der Waals surface area contributed by atoms with E-state index in [1.807, 2.05) is 50.2 Å². The van der Waals surface area contributed by atoms with Crippen molar-refractivity contribution < 1.29 is 13.2 Å². The summed E-state index contributed by atoms with van der Waals surface area (Å²) in [5.74, 6) is 0.0683. The minimum atomic E-state index is -3.14. The Balaban J connectivity index is 1.71. The van der Waals surface area contributed by atoms with Crippen LogP contribution in [0.5, 0.6) is 0 Å². The standard InChI is InChI=1S/C19H21N5O3S/c1-13-10-14(2)24-19(20-13)21-17(22-24)18(25)23(11-15-6-4-3-5-7-15)16-8-9-28(26,27)12-16/h3-7,10,16H,8-9,11-12H2,1-2H3/t16-/m0/s1. The third-order valence-electron chi connectivity index (χ3n) is 4.92. The number of carbonyl (C=O) groups is 1. The van der Waals surface area contributed by atoms with E-state index < -0.39 is 9.84 Å². The van der Waals surface area contributed by atoms with E-state index in [1.54, 1.807) is 4.90 Å². The van der Waals surface area contributed by atoms with Gasteiger partial charge in [0, 0.05) is 24.0 Å². The molecule has 1 atom stereocenters. The van der Waals surface area contributed by atoms with Crippen LogP contribution in [0.4, 0.5) is 0 Å². The Morgan fingerprint density at radius 1 is 1.21 bits per heavy atom. The summed E-state index contributed by atoms with van der Waals surface area (Å²) in [4.78, 5) is 23.5. The van der Waals surface area contributed by atoms with E-state index in [4.69, 9.17) is 0 Å². The average molecular weight is 399 g/mol. The number of hydrogen-bond acceptors (Lipinski definition) is 6.